The third-order valence-corrected chi connectivity index (χ3v) is 10.8. The highest BCUT2D eigenvalue weighted by atomic mass is 15.0. The largest absolute Gasteiger partial charge is 0.309 e. The van der Waals surface area contributed by atoms with Crippen molar-refractivity contribution in [3.05, 3.63) is 182 Å². The summed E-state index contributed by atoms with van der Waals surface area (Å²) in [7, 11) is 0. The Hall–Kier alpha value is -6.77. The Labute approximate surface area is 294 Å². The smallest absolute Gasteiger partial charge is 0.0809 e. The molecule has 2 heteroatoms. The van der Waals surface area contributed by atoms with Crippen LogP contribution >= 0.6 is 0 Å². The van der Waals surface area contributed by atoms with Crippen LogP contribution in [-0.2, 0) is 0 Å². The molecule has 0 saturated carbocycles. The van der Waals surface area contributed by atoms with Gasteiger partial charge in [0, 0.05) is 32.8 Å². The lowest BCUT2D eigenvalue weighted by Crippen LogP contribution is -1.97. The fraction of sp³-hybridized carbons (Fsp3) is 0. The minimum atomic E-state index is 1.01. The van der Waals surface area contributed by atoms with E-state index < -0.39 is 0 Å². The predicted octanol–water partition coefficient (Wildman–Crippen LogP) is 13.3. The number of fused-ring (bicyclic) bond motifs is 13. The van der Waals surface area contributed by atoms with Gasteiger partial charge in [-0.1, -0.05) is 152 Å². The second kappa shape index (κ2) is 10.9. The molecule has 0 amide bonds. The highest BCUT2D eigenvalue weighted by molar-refractivity contribution is 6.27. The van der Waals surface area contributed by atoms with Crippen LogP contribution in [0.15, 0.2) is 182 Å². The first-order valence-electron chi connectivity index (χ1n) is 17.6. The first-order valence-corrected chi connectivity index (χ1v) is 17.6. The van der Waals surface area contributed by atoms with Crippen LogP contribution in [-0.4, -0.2) is 9.55 Å². The molecule has 2 aromatic heterocycles. The van der Waals surface area contributed by atoms with Gasteiger partial charge in [-0.05, 0) is 79.2 Å². The lowest BCUT2D eigenvalue weighted by Gasteiger charge is -2.15. The normalized spacial score (nSPS) is 11.9. The molecule has 0 bridgehead atoms. The van der Waals surface area contributed by atoms with Crippen molar-refractivity contribution >= 4 is 75.8 Å². The van der Waals surface area contributed by atoms with Gasteiger partial charge in [0.05, 0.1) is 22.2 Å². The van der Waals surface area contributed by atoms with E-state index in [4.69, 9.17) is 4.98 Å². The first-order chi connectivity index (χ1) is 25.3. The second-order valence-corrected chi connectivity index (χ2v) is 13.5. The Balaban J connectivity index is 1.16. The van der Waals surface area contributed by atoms with Gasteiger partial charge in [0.15, 0.2) is 0 Å². The lowest BCUT2D eigenvalue weighted by atomic mass is 9.92. The summed E-state index contributed by atoms with van der Waals surface area (Å²) < 4.78 is 2.44. The van der Waals surface area contributed by atoms with E-state index in [1.165, 1.54) is 76.0 Å². The Bertz CT molecular complexity index is 3140. The van der Waals surface area contributed by atoms with Crippen LogP contribution in [0.2, 0.25) is 0 Å². The van der Waals surface area contributed by atoms with Crippen molar-refractivity contribution in [3.63, 3.8) is 0 Å². The van der Waals surface area contributed by atoms with E-state index >= 15 is 0 Å². The number of hydrogen-bond acceptors (Lipinski definition) is 1. The van der Waals surface area contributed by atoms with Gasteiger partial charge in [-0.15, -0.1) is 0 Å². The average molecular weight is 647 g/mol. The summed E-state index contributed by atoms with van der Waals surface area (Å²) in [4.78, 5) is 5.33. The monoisotopic (exact) mass is 646 g/mol. The van der Waals surface area contributed by atoms with Crippen molar-refractivity contribution in [1.82, 2.24) is 9.55 Å². The highest BCUT2D eigenvalue weighted by Gasteiger charge is 2.20. The van der Waals surface area contributed by atoms with Gasteiger partial charge >= 0.3 is 0 Å². The Morgan fingerprint density at radius 3 is 1.59 bits per heavy atom. The van der Waals surface area contributed by atoms with E-state index in [9.17, 15) is 0 Å². The molecule has 0 N–H and O–H groups in total. The van der Waals surface area contributed by atoms with Crippen LogP contribution in [0, 0.1) is 0 Å². The van der Waals surface area contributed by atoms with Crippen LogP contribution < -0.4 is 0 Å². The summed E-state index contributed by atoms with van der Waals surface area (Å²) in [6.45, 7) is 0. The zero-order valence-corrected chi connectivity index (χ0v) is 27.7. The summed E-state index contributed by atoms with van der Waals surface area (Å²) in [6, 6.07) is 66.1. The van der Waals surface area contributed by atoms with Gasteiger partial charge in [0.2, 0.25) is 0 Å². The Kier molecular flexibility index (Phi) is 5.99. The van der Waals surface area contributed by atoms with Crippen LogP contribution in [0.4, 0.5) is 0 Å². The molecule has 0 aliphatic carbocycles. The third kappa shape index (κ3) is 4.14. The molecule has 2 nitrogen and oxygen atoms in total. The maximum absolute atomic E-state index is 5.33. The SMILES string of the molecule is c1ccc(-c2nc3ccccc3c3ccc4c5ccccc5n(-c5ccc(-c6ccc7c8ccccc8c8ccccc8c7c6)cc5)c4c23)cc1. The fourth-order valence-corrected chi connectivity index (χ4v) is 8.46. The molecule has 51 heavy (non-hydrogen) atoms. The predicted molar refractivity (Wildman–Crippen MR) is 217 cm³/mol. The van der Waals surface area contributed by atoms with Gasteiger partial charge in [0.25, 0.3) is 0 Å². The fourth-order valence-electron chi connectivity index (χ4n) is 8.46. The van der Waals surface area contributed by atoms with Gasteiger partial charge in [-0.25, -0.2) is 4.98 Å². The average Bonchev–Trinajstić information content (AvgIpc) is 3.55. The Morgan fingerprint density at radius 2 is 0.863 bits per heavy atom. The lowest BCUT2D eigenvalue weighted by molar-refractivity contribution is 1.19. The molecular weight excluding hydrogens is 617 g/mol. The van der Waals surface area contributed by atoms with Crippen molar-refractivity contribution in [3.8, 4) is 28.1 Å². The van der Waals surface area contributed by atoms with Crippen LogP contribution in [0.3, 0.4) is 0 Å². The van der Waals surface area contributed by atoms with Crippen molar-refractivity contribution in [2.45, 2.75) is 0 Å². The number of para-hydroxylation sites is 2. The van der Waals surface area contributed by atoms with Gasteiger partial charge < -0.3 is 4.57 Å². The topological polar surface area (TPSA) is 17.8 Å². The van der Waals surface area contributed by atoms with Crippen LogP contribution in [0.1, 0.15) is 0 Å². The summed E-state index contributed by atoms with van der Waals surface area (Å²) in [5.41, 5.74) is 9.03. The van der Waals surface area contributed by atoms with Crippen LogP contribution in [0.25, 0.3) is 104 Å². The van der Waals surface area contributed by atoms with E-state index in [0.717, 1.165) is 27.8 Å². The quantitative estimate of drug-likeness (QED) is 0.175. The molecule has 236 valence electrons. The van der Waals surface area contributed by atoms with E-state index in [1.54, 1.807) is 0 Å². The molecule has 2 heterocycles. The maximum atomic E-state index is 5.33. The highest BCUT2D eigenvalue weighted by Crippen LogP contribution is 2.43. The van der Waals surface area contributed by atoms with Gasteiger partial charge in [-0.2, -0.15) is 0 Å². The van der Waals surface area contributed by atoms with Gasteiger partial charge in [0.1, 0.15) is 0 Å². The first kappa shape index (κ1) is 28.1. The molecule has 0 aliphatic heterocycles. The van der Waals surface area contributed by atoms with E-state index in [2.05, 4.69) is 187 Å². The number of aromatic nitrogens is 2. The number of nitrogens with zero attached hydrogens (tertiary/aromatic N) is 2. The molecule has 0 aliphatic rings. The third-order valence-electron chi connectivity index (χ3n) is 10.8. The van der Waals surface area contributed by atoms with Crippen molar-refractivity contribution < 1.29 is 0 Å². The standard InChI is InChI=1S/C49H30N2/c1-2-12-32(13-3-1)48-47-42(40-18-8-10-20-45(40)50-48)28-29-43-41-19-9-11-21-46(41)51(49(43)47)34-25-22-31(23-26-34)33-24-27-39-37-16-5-4-14-35(37)36-15-6-7-17-38(36)44(39)30-33/h1-30H. The summed E-state index contributed by atoms with van der Waals surface area (Å²) >= 11 is 0. The summed E-state index contributed by atoms with van der Waals surface area (Å²) in [5.74, 6) is 0. The molecule has 11 aromatic rings. The van der Waals surface area contributed by atoms with E-state index in [1.807, 2.05) is 0 Å². The van der Waals surface area contributed by atoms with Crippen LogP contribution in [0.5, 0.6) is 0 Å². The molecule has 11 rings (SSSR count). The maximum Gasteiger partial charge on any atom is 0.0809 e. The molecule has 0 fully saturated rings. The molecule has 0 radical (unpaired) electrons. The molecule has 9 aromatic carbocycles. The summed E-state index contributed by atoms with van der Waals surface area (Å²) in [6.07, 6.45) is 0. The van der Waals surface area contributed by atoms with Crippen molar-refractivity contribution in [2.24, 2.45) is 0 Å². The molecular formula is C49H30N2. The number of pyridine rings is 1. The van der Waals surface area contributed by atoms with Crippen molar-refractivity contribution in [2.75, 3.05) is 0 Å². The molecule has 0 spiro atoms. The van der Waals surface area contributed by atoms with E-state index in [0.29, 0.717) is 0 Å². The van der Waals surface area contributed by atoms with E-state index in [-0.39, 0.29) is 0 Å². The zero-order chi connectivity index (χ0) is 33.5. The molecule has 0 saturated heterocycles. The number of rotatable bonds is 3. The van der Waals surface area contributed by atoms with Crippen molar-refractivity contribution in [1.29, 1.82) is 0 Å². The Morgan fingerprint density at radius 1 is 0.333 bits per heavy atom. The molecule has 0 atom stereocenters. The molecule has 0 unspecified atom stereocenters. The second-order valence-electron chi connectivity index (χ2n) is 13.5. The minimum Gasteiger partial charge on any atom is -0.309 e. The number of hydrogen-bond donors (Lipinski definition) is 0. The number of benzene rings is 9. The zero-order valence-electron chi connectivity index (χ0n) is 27.7. The minimum absolute atomic E-state index is 1.01. The van der Waals surface area contributed by atoms with Gasteiger partial charge in [-0.3, -0.25) is 0 Å². The summed E-state index contributed by atoms with van der Waals surface area (Å²) in [5, 5.41) is 13.8.